The van der Waals surface area contributed by atoms with Crippen LogP contribution < -0.4 is 0 Å². The highest BCUT2D eigenvalue weighted by Gasteiger charge is 2.48. The summed E-state index contributed by atoms with van der Waals surface area (Å²) < 4.78 is 4.41. The van der Waals surface area contributed by atoms with Gasteiger partial charge >= 0.3 is 11.9 Å². The predicted molar refractivity (Wildman–Crippen MR) is 113 cm³/mol. The minimum absolute atomic E-state index is 0.213. The molecule has 1 N–H and O–H groups in total. The first-order valence-corrected chi connectivity index (χ1v) is 12.2. The minimum atomic E-state index is -1.63. The van der Waals surface area contributed by atoms with Gasteiger partial charge < -0.3 is 9.84 Å². The molecule has 0 aromatic carbocycles. The molecule has 1 heterocycles. The fourth-order valence-corrected chi connectivity index (χ4v) is 4.55. The summed E-state index contributed by atoms with van der Waals surface area (Å²) in [5, 5.41) is 10.0. The molecule has 1 fully saturated rings. The van der Waals surface area contributed by atoms with Crippen LogP contribution in [-0.2, 0) is 14.3 Å². The lowest BCUT2D eigenvalue weighted by atomic mass is 10.0. The molecule has 1 rings (SSSR count). The standard InChI is InChI=1S/C22H40O4S/c1-2-3-4-5-6-7-8-9-10-11-12-13-14-15-16-17-18-27-22(25)19-20(23)26-21(22)24/h25H,2-19H2,1H3. The normalized spacial score (nSPS) is 19.6. The third-order valence-corrected chi connectivity index (χ3v) is 6.53. The summed E-state index contributed by atoms with van der Waals surface area (Å²) in [7, 11) is 0. The van der Waals surface area contributed by atoms with E-state index in [1.165, 1.54) is 89.9 Å². The number of esters is 2. The summed E-state index contributed by atoms with van der Waals surface area (Å²) >= 11 is 1.14. The zero-order valence-corrected chi connectivity index (χ0v) is 18.1. The maximum atomic E-state index is 11.4. The van der Waals surface area contributed by atoms with Crippen molar-refractivity contribution in [1.29, 1.82) is 0 Å². The van der Waals surface area contributed by atoms with Gasteiger partial charge in [0.15, 0.2) is 0 Å². The number of hydrogen-bond acceptors (Lipinski definition) is 5. The summed E-state index contributed by atoms with van der Waals surface area (Å²) in [6.07, 6.45) is 21.0. The largest absolute Gasteiger partial charge is 0.390 e. The van der Waals surface area contributed by atoms with Gasteiger partial charge in [-0.2, -0.15) is 0 Å². The molecule has 1 aliphatic rings. The van der Waals surface area contributed by atoms with E-state index in [1.807, 2.05) is 0 Å². The molecule has 4 nitrogen and oxygen atoms in total. The van der Waals surface area contributed by atoms with Gasteiger partial charge in [-0.25, -0.2) is 4.79 Å². The van der Waals surface area contributed by atoms with Crippen molar-refractivity contribution in [2.45, 2.75) is 121 Å². The zero-order valence-electron chi connectivity index (χ0n) is 17.3. The molecule has 0 spiro atoms. The maximum Gasteiger partial charge on any atom is 0.357 e. The van der Waals surface area contributed by atoms with Crippen molar-refractivity contribution in [2.75, 3.05) is 5.75 Å². The van der Waals surface area contributed by atoms with Gasteiger partial charge in [-0.1, -0.05) is 103 Å². The van der Waals surface area contributed by atoms with Crippen LogP contribution in [0.2, 0.25) is 0 Å². The highest BCUT2D eigenvalue weighted by Crippen LogP contribution is 2.33. The first kappa shape index (κ1) is 24.5. The van der Waals surface area contributed by atoms with E-state index in [0.717, 1.165) is 24.6 Å². The van der Waals surface area contributed by atoms with E-state index in [2.05, 4.69) is 11.7 Å². The molecule has 0 aliphatic carbocycles. The molecule has 5 heteroatoms. The Morgan fingerprint density at radius 1 is 0.778 bits per heavy atom. The Labute approximate surface area is 170 Å². The molecule has 0 aromatic heterocycles. The van der Waals surface area contributed by atoms with Gasteiger partial charge in [0.1, 0.15) is 0 Å². The van der Waals surface area contributed by atoms with E-state index < -0.39 is 16.9 Å². The van der Waals surface area contributed by atoms with Gasteiger partial charge in [-0.15, -0.1) is 11.8 Å². The number of carbonyl (C=O) groups is 2. The van der Waals surface area contributed by atoms with Gasteiger partial charge in [0.05, 0.1) is 6.42 Å². The van der Waals surface area contributed by atoms with E-state index in [9.17, 15) is 14.7 Å². The summed E-state index contributed by atoms with van der Waals surface area (Å²) in [6.45, 7) is 2.27. The molecule has 1 saturated heterocycles. The Morgan fingerprint density at radius 3 is 1.56 bits per heavy atom. The highest BCUT2D eigenvalue weighted by atomic mass is 32.2. The summed E-state index contributed by atoms with van der Waals surface area (Å²) in [6, 6.07) is 0. The number of hydrogen-bond donors (Lipinski definition) is 1. The van der Waals surface area contributed by atoms with Crippen molar-refractivity contribution in [3.63, 3.8) is 0 Å². The molecule has 0 aromatic rings. The lowest BCUT2D eigenvalue weighted by molar-refractivity contribution is -0.155. The van der Waals surface area contributed by atoms with Gasteiger partial charge in [-0.3, -0.25) is 4.79 Å². The molecule has 0 amide bonds. The molecule has 1 unspecified atom stereocenters. The predicted octanol–water partition coefficient (Wildman–Crippen LogP) is 6.14. The molecule has 1 atom stereocenters. The quantitative estimate of drug-likeness (QED) is 0.129. The van der Waals surface area contributed by atoms with Crippen LogP contribution in [0.1, 0.15) is 116 Å². The second-order valence-corrected chi connectivity index (χ2v) is 9.25. The van der Waals surface area contributed by atoms with Crippen LogP contribution in [0.3, 0.4) is 0 Å². The minimum Gasteiger partial charge on any atom is -0.390 e. The first-order chi connectivity index (χ1) is 13.1. The Bertz CT molecular complexity index is 413. The molecular formula is C22H40O4S. The van der Waals surface area contributed by atoms with Crippen LogP contribution in [-0.4, -0.2) is 27.7 Å². The van der Waals surface area contributed by atoms with Gasteiger partial charge in [0.25, 0.3) is 0 Å². The third kappa shape index (κ3) is 11.8. The first-order valence-electron chi connectivity index (χ1n) is 11.2. The topological polar surface area (TPSA) is 63.6 Å². The molecule has 0 radical (unpaired) electrons. The fourth-order valence-electron chi connectivity index (χ4n) is 3.49. The molecule has 1 aliphatic heterocycles. The van der Waals surface area contributed by atoms with Crippen molar-refractivity contribution in [2.24, 2.45) is 0 Å². The lowest BCUT2D eigenvalue weighted by Crippen LogP contribution is -2.30. The van der Waals surface area contributed by atoms with E-state index in [4.69, 9.17) is 0 Å². The van der Waals surface area contributed by atoms with Crippen LogP contribution in [0, 0.1) is 0 Å². The molecule has 158 valence electrons. The van der Waals surface area contributed by atoms with Crippen molar-refractivity contribution in [3.05, 3.63) is 0 Å². The number of aliphatic hydroxyl groups is 1. The fraction of sp³-hybridized carbons (Fsp3) is 0.909. The van der Waals surface area contributed by atoms with Crippen LogP contribution >= 0.6 is 11.8 Å². The van der Waals surface area contributed by atoms with E-state index in [1.54, 1.807) is 0 Å². The number of carbonyl (C=O) groups excluding carboxylic acids is 2. The zero-order chi connectivity index (χ0) is 19.8. The SMILES string of the molecule is CCCCCCCCCCCCCCCCCCSC1(O)CC(=O)OC1=O. The average Bonchev–Trinajstić information content (AvgIpc) is 2.89. The number of ether oxygens (including phenoxy) is 1. The Hall–Kier alpha value is -0.550. The Balaban J connectivity index is 1.77. The van der Waals surface area contributed by atoms with Crippen LogP contribution in [0.4, 0.5) is 0 Å². The van der Waals surface area contributed by atoms with Crippen molar-refractivity contribution >= 4 is 23.7 Å². The average molecular weight is 401 g/mol. The van der Waals surface area contributed by atoms with Crippen LogP contribution in [0.25, 0.3) is 0 Å². The maximum absolute atomic E-state index is 11.4. The van der Waals surface area contributed by atoms with Gasteiger partial charge in [-0.05, 0) is 12.2 Å². The van der Waals surface area contributed by atoms with Crippen molar-refractivity contribution < 1.29 is 19.4 Å². The molecule has 0 bridgehead atoms. The second kappa shape index (κ2) is 15.4. The summed E-state index contributed by atoms with van der Waals surface area (Å²) in [4.78, 5) is 20.8. The van der Waals surface area contributed by atoms with Crippen molar-refractivity contribution in [3.8, 4) is 0 Å². The molecule has 27 heavy (non-hydrogen) atoms. The van der Waals surface area contributed by atoms with Crippen LogP contribution in [0.5, 0.6) is 0 Å². The number of thioether (sulfide) groups is 1. The van der Waals surface area contributed by atoms with E-state index >= 15 is 0 Å². The summed E-state index contributed by atoms with van der Waals surface area (Å²) in [5.74, 6) is -0.729. The second-order valence-electron chi connectivity index (χ2n) is 7.87. The summed E-state index contributed by atoms with van der Waals surface area (Å²) in [5.41, 5.74) is 0. The van der Waals surface area contributed by atoms with Gasteiger partial charge in [0, 0.05) is 0 Å². The van der Waals surface area contributed by atoms with Crippen molar-refractivity contribution in [1.82, 2.24) is 0 Å². The number of rotatable bonds is 18. The Kier molecular flexibility index (Phi) is 14.0. The monoisotopic (exact) mass is 400 g/mol. The number of unbranched alkanes of at least 4 members (excludes halogenated alkanes) is 15. The highest BCUT2D eigenvalue weighted by molar-refractivity contribution is 8.01. The smallest absolute Gasteiger partial charge is 0.357 e. The third-order valence-electron chi connectivity index (χ3n) is 5.25. The Morgan fingerprint density at radius 2 is 1.19 bits per heavy atom. The lowest BCUT2D eigenvalue weighted by Gasteiger charge is -2.15. The molecule has 0 saturated carbocycles. The number of cyclic esters (lactones) is 2. The van der Waals surface area contributed by atoms with E-state index in [-0.39, 0.29) is 6.42 Å². The van der Waals surface area contributed by atoms with Crippen LogP contribution in [0.15, 0.2) is 0 Å². The molecular weight excluding hydrogens is 360 g/mol. The van der Waals surface area contributed by atoms with E-state index in [0.29, 0.717) is 5.75 Å². The van der Waals surface area contributed by atoms with Gasteiger partial charge in [0.2, 0.25) is 4.93 Å².